The van der Waals surface area contributed by atoms with Gasteiger partial charge in [0, 0.05) is 6.54 Å². The first kappa shape index (κ1) is 12.6. The monoisotopic (exact) mass is 216 g/mol. The van der Waals surface area contributed by atoms with Crippen LogP contribution in [0.25, 0.3) is 0 Å². The van der Waals surface area contributed by atoms with E-state index in [1.54, 1.807) is 0 Å². The van der Waals surface area contributed by atoms with Gasteiger partial charge in [0.1, 0.15) is 6.07 Å². The number of anilines is 1. The summed E-state index contributed by atoms with van der Waals surface area (Å²) in [5.41, 5.74) is 2.89. The lowest BCUT2D eigenvalue weighted by atomic mass is 10.1. The number of rotatable bonds is 6. The van der Waals surface area contributed by atoms with Crippen molar-refractivity contribution in [3.63, 3.8) is 0 Å². The highest BCUT2D eigenvalue weighted by atomic mass is 14.9. The lowest BCUT2D eigenvalue weighted by molar-refractivity contribution is 0.685. The molecule has 0 radical (unpaired) electrons. The van der Waals surface area contributed by atoms with E-state index in [-0.39, 0.29) is 0 Å². The van der Waals surface area contributed by atoms with Crippen LogP contribution < -0.4 is 5.32 Å². The number of hydrogen-bond donors (Lipinski definition) is 1. The second-order valence-corrected chi connectivity index (χ2v) is 4.10. The molecule has 1 aromatic rings. The molecule has 1 rings (SSSR count). The van der Waals surface area contributed by atoms with E-state index in [0.717, 1.165) is 23.4 Å². The Morgan fingerprint density at radius 1 is 1.25 bits per heavy atom. The van der Waals surface area contributed by atoms with Gasteiger partial charge < -0.3 is 5.32 Å². The molecule has 0 aliphatic heterocycles. The van der Waals surface area contributed by atoms with Gasteiger partial charge in [0.15, 0.2) is 0 Å². The molecule has 0 amide bonds. The number of para-hydroxylation sites is 1. The molecule has 0 saturated carbocycles. The fourth-order valence-corrected chi connectivity index (χ4v) is 1.76. The van der Waals surface area contributed by atoms with Gasteiger partial charge in [-0.15, -0.1) is 0 Å². The Balaban J connectivity index is 2.50. The van der Waals surface area contributed by atoms with Gasteiger partial charge in [-0.25, -0.2) is 0 Å². The van der Waals surface area contributed by atoms with Crippen LogP contribution in [-0.2, 0) is 0 Å². The van der Waals surface area contributed by atoms with Gasteiger partial charge in [0.25, 0.3) is 0 Å². The highest BCUT2D eigenvalue weighted by Gasteiger charge is 2.03. The van der Waals surface area contributed by atoms with Crippen LogP contribution >= 0.6 is 0 Å². The number of nitrogens with one attached hydrogen (secondary N) is 1. The Labute approximate surface area is 98.3 Å². The van der Waals surface area contributed by atoms with Crippen molar-refractivity contribution in [1.29, 1.82) is 5.26 Å². The number of hydrogen-bond acceptors (Lipinski definition) is 2. The third-order valence-corrected chi connectivity index (χ3v) is 2.73. The van der Waals surface area contributed by atoms with E-state index in [2.05, 4.69) is 18.3 Å². The van der Waals surface area contributed by atoms with E-state index in [0.29, 0.717) is 0 Å². The molecular formula is C14H20N2. The Morgan fingerprint density at radius 2 is 2.06 bits per heavy atom. The summed E-state index contributed by atoms with van der Waals surface area (Å²) >= 11 is 0. The predicted octanol–water partition coefficient (Wildman–Crippen LogP) is 3.86. The number of benzene rings is 1. The van der Waals surface area contributed by atoms with E-state index < -0.39 is 0 Å². The zero-order valence-electron chi connectivity index (χ0n) is 10.2. The molecule has 0 unspecified atom stereocenters. The molecule has 0 bridgehead atoms. The van der Waals surface area contributed by atoms with Crippen molar-refractivity contribution in [3.8, 4) is 6.07 Å². The molecule has 16 heavy (non-hydrogen) atoms. The molecule has 86 valence electrons. The quantitative estimate of drug-likeness (QED) is 0.733. The lowest BCUT2D eigenvalue weighted by Crippen LogP contribution is -2.04. The third kappa shape index (κ3) is 3.58. The molecule has 1 N–H and O–H groups in total. The summed E-state index contributed by atoms with van der Waals surface area (Å²) in [6, 6.07) is 8.05. The normalized spacial score (nSPS) is 9.81. The standard InChI is InChI=1S/C14H20N2/c1-3-4-5-6-10-16-14-12(2)8-7-9-13(14)11-15/h7-9,16H,3-6,10H2,1-2H3. The number of unbranched alkanes of at least 4 members (excludes halogenated alkanes) is 3. The summed E-state index contributed by atoms with van der Waals surface area (Å²) in [5.74, 6) is 0. The molecule has 2 heteroatoms. The Bertz CT molecular complexity index is 363. The maximum Gasteiger partial charge on any atom is 0.101 e. The largest absolute Gasteiger partial charge is 0.384 e. The van der Waals surface area contributed by atoms with Crippen molar-refractivity contribution in [1.82, 2.24) is 0 Å². The van der Waals surface area contributed by atoms with Crippen LogP contribution in [0.3, 0.4) is 0 Å². The van der Waals surface area contributed by atoms with Crippen molar-refractivity contribution in [2.75, 3.05) is 11.9 Å². The maximum atomic E-state index is 8.99. The highest BCUT2D eigenvalue weighted by molar-refractivity contribution is 5.62. The van der Waals surface area contributed by atoms with Crippen LogP contribution in [0.4, 0.5) is 5.69 Å². The van der Waals surface area contributed by atoms with Crippen molar-refractivity contribution in [3.05, 3.63) is 29.3 Å². The van der Waals surface area contributed by atoms with Gasteiger partial charge in [-0.2, -0.15) is 5.26 Å². The first-order valence-corrected chi connectivity index (χ1v) is 6.03. The maximum absolute atomic E-state index is 8.99. The molecule has 0 aromatic heterocycles. The van der Waals surface area contributed by atoms with Crippen LogP contribution in [0.1, 0.15) is 43.7 Å². The zero-order chi connectivity index (χ0) is 11.8. The fourth-order valence-electron chi connectivity index (χ4n) is 1.76. The molecule has 0 aliphatic carbocycles. The summed E-state index contributed by atoms with van der Waals surface area (Å²) in [6.07, 6.45) is 4.98. The van der Waals surface area contributed by atoms with Gasteiger partial charge >= 0.3 is 0 Å². The summed E-state index contributed by atoms with van der Waals surface area (Å²) in [4.78, 5) is 0. The van der Waals surface area contributed by atoms with E-state index >= 15 is 0 Å². The molecule has 0 atom stereocenters. The zero-order valence-corrected chi connectivity index (χ0v) is 10.2. The first-order valence-electron chi connectivity index (χ1n) is 6.03. The second-order valence-electron chi connectivity index (χ2n) is 4.10. The molecule has 0 heterocycles. The number of nitriles is 1. The molecule has 0 aliphatic rings. The summed E-state index contributed by atoms with van der Waals surface area (Å²) in [5, 5.41) is 12.4. The van der Waals surface area contributed by atoms with E-state index in [4.69, 9.17) is 5.26 Å². The van der Waals surface area contributed by atoms with E-state index in [9.17, 15) is 0 Å². The summed E-state index contributed by atoms with van der Waals surface area (Å²) in [6.45, 7) is 5.21. The SMILES string of the molecule is CCCCCCNc1c(C)cccc1C#N. The predicted molar refractivity (Wildman–Crippen MR) is 68.5 cm³/mol. The molecule has 1 aromatic carbocycles. The smallest absolute Gasteiger partial charge is 0.101 e. The van der Waals surface area contributed by atoms with Crippen molar-refractivity contribution < 1.29 is 0 Å². The van der Waals surface area contributed by atoms with Crippen molar-refractivity contribution >= 4 is 5.69 Å². The van der Waals surface area contributed by atoms with Crippen LogP contribution in [0, 0.1) is 18.3 Å². The lowest BCUT2D eigenvalue weighted by Gasteiger charge is -2.10. The van der Waals surface area contributed by atoms with Crippen LogP contribution in [0.15, 0.2) is 18.2 Å². The average Bonchev–Trinajstić information content (AvgIpc) is 2.30. The summed E-state index contributed by atoms with van der Waals surface area (Å²) < 4.78 is 0. The molecule has 2 nitrogen and oxygen atoms in total. The minimum atomic E-state index is 0.746. The van der Waals surface area contributed by atoms with Gasteiger partial charge in [0.05, 0.1) is 11.3 Å². The van der Waals surface area contributed by atoms with Gasteiger partial charge in [-0.05, 0) is 25.0 Å². The molecule has 0 fully saturated rings. The highest BCUT2D eigenvalue weighted by Crippen LogP contribution is 2.19. The van der Waals surface area contributed by atoms with Crippen molar-refractivity contribution in [2.45, 2.75) is 39.5 Å². The van der Waals surface area contributed by atoms with Gasteiger partial charge in [-0.1, -0.05) is 38.3 Å². The Hall–Kier alpha value is -1.49. The second kappa shape index (κ2) is 6.90. The van der Waals surface area contributed by atoms with Crippen LogP contribution in [0.5, 0.6) is 0 Å². The molecule has 0 spiro atoms. The Morgan fingerprint density at radius 3 is 2.75 bits per heavy atom. The number of nitrogens with zero attached hydrogens (tertiary/aromatic N) is 1. The fraction of sp³-hybridized carbons (Fsp3) is 0.500. The first-order chi connectivity index (χ1) is 7.79. The van der Waals surface area contributed by atoms with Crippen LogP contribution in [-0.4, -0.2) is 6.54 Å². The van der Waals surface area contributed by atoms with Crippen LogP contribution in [0.2, 0.25) is 0 Å². The molecular weight excluding hydrogens is 196 g/mol. The van der Waals surface area contributed by atoms with Gasteiger partial charge in [0.2, 0.25) is 0 Å². The minimum Gasteiger partial charge on any atom is -0.384 e. The van der Waals surface area contributed by atoms with Gasteiger partial charge in [-0.3, -0.25) is 0 Å². The van der Waals surface area contributed by atoms with E-state index in [1.807, 2.05) is 25.1 Å². The minimum absolute atomic E-state index is 0.746. The van der Waals surface area contributed by atoms with Crippen molar-refractivity contribution in [2.24, 2.45) is 0 Å². The van der Waals surface area contributed by atoms with E-state index in [1.165, 1.54) is 25.7 Å². The Kier molecular flexibility index (Phi) is 5.42. The number of aryl methyl sites for hydroxylation is 1. The average molecular weight is 216 g/mol. The third-order valence-electron chi connectivity index (χ3n) is 2.73. The topological polar surface area (TPSA) is 35.8 Å². The molecule has 0 saturated heterocycles. The summed E-state index contributed by atoms with van der Waals surface area (Å²) in [7, 11) is 0.